The van der Waals surface area contributed by atoms with Crippen LogP contribution in [-0.4, -0.2) is 55.4 Å². The summed E-state index contributed by atoms with van der Waals surface area (Å²) in [6, 6.07) is 0. The molecule has 4 atom stereocenters. The number of fused-ring (bicyclic) bond motifs is 1. The third kappa shape index (κ3) is 4.54. The molecule has 2 aliphatic rings. The summed E-state index contributed by atoms with van der Waals surface area (Å²) in [6.07, 6.45) is -0.641. The van der Waals surface area contributed by atoms with Crippen molar-refractivity contribution in [3.05, 3.63) is 0 Å². The molecule has 0 spiro atoms. The number of Topliss-reactive ketones (excluding diaryl/α,β-unsaturated/α-hetero) is 1. The molecule has 2 heterocycles. The SMILES string of the molecule is CC(C)(C)C(=O)OC[C@H]1OCO[C@@H]2C(=O)C(C)(C)[C@@H](CCCCl)O[C@@H]21. The Balaban J connectivity index is 2.09. The minimum absolute atomic E-state index is 0.00114. The van der Waals surface area contributed by atoms with Gasteiger partial charge in [0.2, 0.25) is 0 Å². The van der Waals surface area contributed by atoms with Gasteiger partial charge in [-0.1, -0.05) is 13.8 Å². The topological polar surface area (TPSA) is 71.1 Å². The Morgan fingerprint density at radius 2 is 2.00 bits per heavy atom. The van der Waals surface area contributed by atoms with Crippen molar-refractivity contribution in [2.75, 3.05) is 19.3 Å². The summed E-state index contributed by atoms with van der Waals surface area (Å²) in [5.74, 6) is 0.191. The normalized spacial score (nSPS) is 32.2. The molecule has 0 aromatic heterocycles. The van der Waals surface area contributed by atoms with Gasteiger partial charge in [-0.05, 0) is 33.6 Å². The maximum absolute atomic E-state index is 12.9. The van der Waals surface area contributed by atoms with Gasteiger partial charge in [-0.3, -0.25) is 9.59 Å². The summed E-state index contributed by atoms with van der Waals surface area (Å²) >= 11 is 5.80. The zero-order chi connectivity index (χ0) is 18.8. The van der Waals surface area contributed by atoms with E-state index in [1.807, 2.05) is 13.8 Å². The second kappa shape index (κ2) is 7.91. The summed E-state index contributed by atoms with van der Waals surface area (Å²) in [4.78, 5) is 24.9. The van der Waals surface area contributed by atoms with Gasteiger partial charge in [-0.25, -0.2) is 0 Å². The number of esters is 1. The molecular weight excluding hydrogens is 348 g/mol. The number of halogens is 1. The van der Waals surface area contributed by atoms with Crippen LogP contribution in [0.1, 0.15) is 47.5 Å². The monoisotopic (exact) mass is 376 g/mol. The fourth-order valence-corrected chi connectivity index (χ4v) is 3.22. The van der Waals surface area contributed by atoms with Gasteiger partial charge < -0.3 is 18.9 Å². The van der Waals surface area contributed by atoms with Gasteiger partial charge in [0.1, 0.15) is 31.7 Å². The predicted octanol–water partition coefficient (Wildman–Crippen LogP) is 2.70. The van der Waals surface area contributed by atoms with Crippen LogP contribution in [0.5, 0.6) is 0 Å². The van der Waals surface area contributed by atoms with Crippen LogP contribution in [0.2, 0.25) is 0 Å². The van der Waals surface area contributed by atoms with Crippen LogP contribution in [0.15, 0.2) is 0 Å². The van der Waals surface area contributed by atoms with Crippen molar-refractivity contribution in [3.63, 3.8) is 0 Å². The number of ether oxygens (including phenoxy) is 4. The second-order valence-electron chi connectivity index (χ2n) is 8.27. The van der Waals surface area contributed by atoms with E-state index in [9.17, 15) is 9.59 Å². The highest BCUT2D eigenvalue weighted by Gasteiger charge is 2.54. The molecule has 25 heavy (non-hydrogen) atoms. The van der Waals surface area contributed by atoms with Gasteiger partial charge in [-0.2, -0.15) is 0 Å². The van der Waals surface area contributed by atoms with Gasteiger partial charge in [0.05, 0.1) is 16.9 Å². The maximum Gasteiger partial charge on any atom is 0.311 e. The molecule has 2 rings (SSSR count). The van der Waals surface area contributed by atoms with Crippen LogP contribution in [-0.2, 0) is 28.5 Å². The Kier molecular flexibility index (Phi) is 6.52. The van der Waals surface area contributed by atoms with Gasteiger partial charge in [0.15, 0.2) is 5.78 Å². The highest BCUT2D eigenvalue weighted by Crippen LogP contribution is 2.39. The van der Waals surface area contributed by atoms with Gasteiger partial charge in [-0.15, -0.1) is 11.6 Å². The zero-order valence-corrected chi connectivity index (χ0v) is 16.4. The highest BCUT2D eigenvalue weighted by molar-refractivity contribution is 6.17. The van der Waals surface area contributed by atoms with Gasteiger partial charge in [0.25, 0.3) is 0 Å². The van der Waals surface area contributed by atoms with Crippen molar-refractivity contribution >= 4 is 23.4 Å². The second-order valence-corrected chi connectivity index (χ2v) is 8.64. The van der Waals surface area contributed by atoms with E-state index >= 15 is 0 Å². The average Bonchev–Trinajstić information content (AvgIpc) is 2.54. The van der Waals surface area contributed by atoms with Crippen molar-refractivity contribution in [3.8, 4) is 0 Å². The first-order chi connectivity index (χ1) is 11.6. The molecule has 2 fully saturated rings. The first kappa shape index (κ1) is 20.6. The van der Waals surface area contributed by atoms with Crippen LogP contribution in [0.25, 0.3) is 0 Å². The summed E-state index contributed by atoms with van der Waals surface area (Å²) in [5.41, 5.74) is -1.25. The molecule has 144 valence electrons. The third-order valence-corrected chi connectivity index (χ3v) is 5.07. The lowest BCUT2D eigenvalue weighted by Gasteiger charge is -2.48. The standard InChI is InChI=1S/C18H29ClO6/c1-17(2,3)16(21)22-9-11-13-14(24-10-23-11)15(20)18(4,5)12(25-13)7-6-8-19/h11-14H,6-10H2,1-5H3/t11-,12-,13-,14+/m1/s1. The van der Waals surface area contributed by atoms with Gasteiger partial charge in [0, 0.05) is 5.88 Å². The Bertz CT molecular complexity index is 498. The summed E-state index contributed by atoms with van der Waals surface area (Å²) in [7, 11) is 0. The first-order valence-corrected chi connectivity index (χ1v) is 9.28. The molecule has 0 bridgehead atoms. The molecule has 0 N–H and O–H groups in total. The van der Waals surface area contributed by atoms with Crippen LogP contribution < -0.4 is 0 Å². The fourth-order valence-electron chi connectivity index (χ4n) is 3.06. The van der Waals surface area contributed by atoms with Crippen molar-refractivity contribution in [1.29, 1.82) is 0 Å². The summed E-state index contributed by atoms with van der Waals surface area (Å²) in [5, 5.41) is 0. The lowest BCUT2D eigenvalue weighted by atomic mass is 9.74. The number of rotatable bonds is 5. The number of carbonyl (C=O) groups excluding carboxylic acids is 2. The number of hydrogen-bond acceptors (Lipinski definition) is 6. The smallest absolute Gasteiger partial charge is 0.311 e. The molecule has 0 aromatic rings. The van der Waals surface area contributed by atoms with Crippen LogP contribution in [0.3, 0.4) is 0 Å². The van der Waals surface area contributed by atoms with Crippen molar-refractivity contribution in [2.45, 2.75) is 71.9 Å². The third-order valence-electron chi connectivity index (χ3n) is 4.81. The van der Waals surface area contributed by atoms with E-state index < -0.39 is 29.1 Å². The number of ketones is 1. The molecule has 0 aliphatic carbocycles. The highest BCUT2D eigenvalue weighted by atomic mass is 35.5. The molecule has 7 heteroatoms. The fraction of sp³-hybridized carbons (Fsp3) is 0.889. The first-order valence-electron chi connectivity index (χ1n) is 8.75. The average molecular weight is 377 g/mol. The summed E-state index contributed by atoms with van der Waals surface area (Å²) < 4.78 is 22.7. The van der Waals surface area contributed by atoms with Crippen molar-refractivity contribution < 1.29 is 28.5 Å². The molecule has 0 radical (unpaired) electrons. The van der Waals surface area contributed by atoms with E-state index in [2.05, 4.69) is 0 Å². The molecule has 0 amide bonds. The van der Waals surface area contributed by atoms with Crippen LogP contribution >= 0.6 is 11.6 Å². The molecule has 2 aliphatic heterocycles. The molecule has 0 aromatic carbocycles. The number of hydrogen-bond donors (Lipinski definition) is 0. The van der Waals surface area contributed by atoms with Gasteiger partial charge >= 0.3 is 5.97 Å². The molecule has 0 unspecified atom stereocenters. The Labute approximate surface area is 154 Å². The van der Waals surface area contributed by atoms with Crippen molar-refractivity contribution in [1.82, 2.24) is 0 Å². The molecule has 6 nitrogen and oxygen atoms in total. The number of alkyl halides is 1. The summed E-state index contributed by atoms with van der Waals surface area (Å²) in [6.45, 7) is 9.12. The molecule has 0 saturated carbocycles. The van der Waals surface area contributed by atoms with Crippen LogP contribution in [0, 0.1) is 10.8 Å². The van der Waals surface area contributed by atoms with E-state index in [-0.39, 0.29) is 31.3 Å². The predicted molar refractivity (Wildman–Crippen MR) is 92.4 cm³/mol. The minimum atomic E-state index is -0.700. The van der Waals surface area contributed by atoms with Crippen molar-refractivity contribution in [2.24, 2.45) is 10.8 Å². The Morgan fingerprint density at radius 1 is 1.32 bits per heavy atom. The van der Waals surface area contributed by atoms with E-state index in [1.54, 1.807) is 20.8 Å². The van der Waals surface area contributed by atoms with E-state index in [0.717, 1.165) is 6.42 Å². The zero-order valence-electron chi connectivity index (χ0n) is 15.7. The lowest BCUT2D eigenvalue weighted by molar-refractivity contribution is -0.281. The number of carbonyl (C=O) groups is 2. The largest absolute Gasteiger partial charge is 0.462 e. The quantitative estimate of drug-likeness (QED) is 0.542. The Hall–Kier alpha value is -0.690. The van der Waals surface area contributed by atoms with E-state index in [1.165, 1.54) is 0 Å². The minimum Gasteiger partial charge on any atom is -0.462 e. The van der Waals surface area contributed by atoms with E-state index in [4.69, 9.17) is 30.5 Å². The lowest BCUT2D eigenvalue weighted by Crippen LogP contribution is -2.63. The van der Waals surface area contributed by atoms with Crippen LogP contribution in [0.4, 0.5) is 0 Å². The molecular formula is C18H29ClO6. The molecule has 2 saturated heterocycles. The van der Waals surface area contributed by atoms with E-state index in [0.29, 0.717) is 12.3 Å². The maximum atomic E-state index is 12.9. The Morgan fingerprint density at radius 3 is 2.60 bits per heavy atom.